The first-order chi connectivity index (χ1) is 10.7. The minimum Gasteiger partial charge on any atom is -0.357 e. The largest absolute Gasteiger partial charge is 0.357 e. The number of rotatable bonds is 7. The van der Waals surface area contributed by atoms with Gasteiger partial charge in [0, 0.05) is 28.9 Å². The van der Waals surface area contributed by atoms with Crippen LogP contribution in [0.25, 0.3) is 0 Å². The topological polar surface area (TPSA) is 70.6 Å². The number of halogens is 2. The maximum Gasteiger partial charge on any atom is 0.191 e. The lowest BCUT2D eigenvalue weighted by molar-refractivity contribution is 0.580. The Balaban J connectivity index is 2.71. The summed E-state index contributed by atoms with van der Waals surface area (Å²) in [5.41, 5.74) is 0.486. The summed E-state index contributed by atoms with van der Waals surface area (Å²) in [5, 5.41) is 6.21. The minimum atomic E-state index is -2.99. The van der Waals surface area contributed by atoms with E-state index in [9.17, 15) is 12.8 Å². The normalized spacial score (nSPS) is 13.7. The molecule has 130 valence electrons. The van der Waals surface area contributed by atoms with Gasteiger partial charge in [-0.2, -0.15) is 0 Å². The zero-order valence-electron chi connectivity index (χ0n) is 13.6. The monoisotopic (exact) mass is 407 g/mol. The molecule has 0 amide bonds. The van der Waals surface area contributed by atoms with Crippen molar-refractivity contribution in [1.29, 1.82) is 0 Å². The highest BCUT2D eigenvalue weighted by Gasteiger charge is 2.10. The second-order valence-electron chi connectivity index (χ2n) is 5.39. The van der Waals surface area contributed by atoms with Crippen LogP contribution in [0.4, 0.5) is 4.39 Å². The van der Waals surface area contributed by atoms with E-state index in [0.29, 0.717) is 24.5 Å². The lowest BCUT2D eigenvalue weighted by Gasteiger charge is -2.17. The Bertz CT molecular complexity index is 650. The van der Waals surface area contributed by atoms with Gasteiger partial charge in [-0.05, 0) is 38.5 Å². The lowest BCUT2D eigenvalue weighted by atomic mass is 10.2. The van der Waals surface area contributed by atoms with Crippen molar-refractivity contribution in [3.05, 3.63) is 34.1 Å². The first-order valence-electron chi connectivity index (χ1n) is 7.37. The summed E-state index contributed by atoms with van der Waals surface area (Å²) in [4.78, 5) is 4.35. The van der Waals surface area contributed by atoms with Crippen molar-refractivity contribution >= 4 is 31.7 Å². The maximum absolute atomic E-state index is 13.7. The van der Waals surface area contributed by atoms with Gasteiger partial charge in [-0.15, -0.1) is 0 Å². The summed E-state index contributed by atoms with van der Waals surface area (Å²) in [6.07, 6.45) is 1.70. The van der Waals surface area contributed by atoms with E-state index in [1.807, 2.05) is 13.8 Å². The second-order valence-corrected chi connectivity index (χ2v) is 8.57. The van der Waals surface area contributed by atoms with Crippen molar-refractivity contribution in [2.45, 2.75) is 32.9 Å². The molecule has 1 atom stereocenters. The highest BCUT2D eigenvalue weighted by Crippen LogP contribution is 2.16. The number of guanidine groups is 1. The third-order valence-electron chi connectivity index (χ3n) is 3.06. The van der Waals surface area contributed by atoms with Crippen LogP contribution in [0.15, 0.2) is 27.7 Å². The fourth-order valence-electron chi connectivity index (χ4n) is 1.85. The summed E-state index contributed by atoms with van der Waals surface area (Å²) in [6.45, 7) is 4.67. The smallest absolute Gasteiger partial charge is 0.191 e. The Morgan fingerprint density at radius 1 is 1.43 bits per heavy atom. The molecular formula is C15H23BrFN3O2S. The molecule has 1 unspecified atom stereocenters. The first kappa shape index (κ1) is 19.9. The minimum absolute atomic E-state index is 0.0603. The number of hydrogen-bond donors (Lipinski definition) is 2. The predicted molar refractivity (Wildman–Crippen MR) is 95.8 cm³/mol. The van der Waals surface area contributed by atoms with Gasteiger partial charge in [0.15, 0.2) is 5.96 Å². The maximum atomic E-state index is 13.7. The lowest BCUT2D eigenvalue weighted by Crippen LogP contribution is -2.42. The third-order valence-corrected chi connectivity index (χ3v) is 4.53. The predicted octanol–water partition coefficient (Wildman–Crippen LogP) is 2.47. The van der Waals surface area contributed by atoms with Gasteiger partial charge in [0.05, 0.1) is 12.3 Å². The van der Waals surface area contributed by atoms with Crippen LogP contribution in [-0.4, -0.2) is 39.0 Å². The molecule has 0 spiro atoms. The number of benzene rings is 1. The molecule has 2 N–H and O–H groups in total. The molecule has 1 rings (SSSR count). The number of hydrogen-bond acceptors (Lipinski definition) is 3. The molecule has 1 aromatic rings. The number of nitrogens with one attached hydrogen (secondary N) is 2. The van der Waals surface area contributed by atoms with Crippen molar-refractivity contribution in [3.8, 4) is 0 Å². The average Bonchev–Trinajstić information content (AvgIpc) is 2.45. The SMILES string of the molecule is CCNC(=NCc1cc(Br)ccc1F)NC(C)CCS(C)(=O)=O. The molecule has 1 aromatic carbocycles. The molecular weight excluding hydrogens is 385 g/mol. The van der Waals surface area contributed by atoms with Crippen LogP contribution in [0.5, 0.6) is 0 Å². The molecule has 0 saturated heterocycles. The Morgan fingerprint density at radius 3 is 2.74 bits per heavy atom. The number of aliphatic imine (C=N–C) groups is 1. The summed E-state index contributed by atoms with van der Waals surface area (Å²) < 4.78 is 36.9. The molecule has 5 nitrogen and oxygen atoms in total. The Kier molecular flexibility index (Phi) is 7.98. The van der Waals surface area contributed by atoms with Crippen molar-refractivity contribution in [3.63, 3.8) is 0 Å². The molecule has 0 bridgehead atoms. The van der Waals surface area contributed by atoms with Gasteiger partial charge in [0.2, 0.25) is 0 Å². The summed E-state index contributed by atoms with van der Waals surface area (Å²) >= 11 is 3.31. The summed E-state index contributed by atoms with van der Waals surface area (Å²) in [6, 6.07) is 4.66. The van der Waals surface area contributed by atoms with Crippen LogP contribution < -0.4 is 10.6 Å². The first-order valence-corrected chi connectivity index (χ1v) is 10.2. The highest BCUT2D eigenvalue weighted by molar-refractivity contribution is 9.10. The van der Waals surface area contributed by atoms with Gasteiger partial charge >= 0.3 is 0 Å². The van der Waals surface area contributed by atoms with E-state index in [0.717, 1.165) is 4.47 Å². The van der Waals surface area contributed by atoms with E-state index in [-0.39, 0.29) is 24.2 Å². The Labute approximate surface area is 145 Å². The molecule has 0 heterocycles. The van der Waals surface area contributed by atoms with Crippen LogP contribution in [-0.2, 0) is 16.4 Å². The quantitative estimate of drug-likeness (QED) is 0.537. The van der Waals surface area contributed by atoms with Crippen molar-refractivity contribution in [2.24, 2.45) is 4.99 Å². The molecule has 0 aliphatic heterocycles. The third kappa shape index (κ3) is 8.31. The fraction of sp³-hybridized carbons (Fsp3) is 0.533. The highest BCUT2D eigenvalue weighted by atomic mass is 79.9. The van der Waals surface area contributed by atoms with E-state index in [1.165, 1.54) is 12.3 Å². The van der Waals surface area contributed by atoms with E-state index in [4.69, 9.17) is 0 Å². The molecule has 0 radical (unpaired) electrons. The van der Waals surface area contributed by atoms with Crippen molar-refractivity contribution in [2.75, 3.05) is 18.6 Å². The molecule has 0 fully saturated rings. The van der Waals surface area contributed by atoms with Gasteiger partial charge in [-0.1, -0.05) is 15.9 Å². The summed E-state index contributed by atoms with van der Waals surface area (Å²) in [7, 11) is -2.99. The number of nitrogens with zero attached hydrogens (tertiary/aromatic N) is 1. The second kappa shape index (κ2) is 9.22. The Hall–Kier alpha value is -1.15. The number of sulfone groups is 1. The molecule has 0 aliphatic rings. The van der Waals surface area contributed by atoms with Crippen molar-refractivity contribution < 1.29 is 12.8 Å². The molecule has 0 saturated carbocycles. The van der Waals surface area contributed by atoms with Gasteiger partial charge in [-0.3, -0.25) is 0 Å². The van der Waals surface area contributed by atoms with Crippen LogP contribution in [0.3, 0.4) is 0 Å². The molecule has 0 aromatic heterocycles. The van der Waals surface area contributed by atoms with E-state index in [1.54, 1.807) is 12.1 Å². The van der Waals surface area contributed by atoms with Gasteiger partial charge in [-0.25, -0.2) is 17.8 Å². The molecule has 0 aliphatic carbocycles. The van der Waals surface area contributed by atoms with Gasteiger partial charge in [0.25, 0.3) is 0 Å². The average molecular weight is 408 g/mol. The van der Waals surface area contributed by atoms with E-state index < -0.39 is 9.84 Å². The molecule has 8 heteroatoms. The van der Waals surface area contributed by atoms with E-state index in [2.05, 4.69) is 31.6 Å². The van der Waals surface area contributed by atoms with Crippen LogP contribution in [0.2, 0.25) is 0 Å². The van der Waals surface area contributed by atoms with Crippen LogP contribution in [0, 0.1) is 5.82 Å². The zero-order valence-corrected chi connectivity index (χ0v) is 16.0. The standard InChI is InChI=1S/C15H23BrFN3O2S/c1-4-18-15(20-11(2)7-8-23(3,21)22)19-10-12-9-13(16)5-6-14(12)17/h5-6,9,11H,4,7-8,10H2,1-3H3,(H2,18,19,20). The summed E-state index contributed by atoms with van der Waals surface area (Å²) in [5.74, 6) is 0.340. The fourth-order valence-corrected chi connectivity index (χ4v) is 3.04. The van der Waals surface area contributed by atoms with Gasteiger partial charge in [0.1, 0.15) is 15.7 Å². The van der Waals surface area contributed by atoms with Gasteiger partial charge < -0.3 is 10.6 Å². The Morgan fingerprint density at radius 2 is 2.13 bits per heavy atom. The van der Waals surface area contributed by atoms with Crippen LogP contribution >= 0.6 is 15.9 Å². The van der Waals surface area contributed by atoms with Crippen LogP contribution in [0.1, 0.15) is 25.8 Å². The molecule has 23 heavy (non-hydrogen) atoms. The van der Waals surface area contributed by atoms with Crippen molar-refractivity contribution in [1.82, 2.24) is 10.6 Å². The van der Waals surface area contributed by atoms with E-state index >= 15 is 0 Å². The zero-order chi connectivity index (χ0) is 17.5.